The minimum atomic E-state index is -0.901. The van der Waals surface area contributed by atoms with E-state index in [1.54, 1.807) is 26.3 Å². The molecule has 1 aromatic carbocycles. The van der Waals surface area contributed by atoms with Crippen LogP contribution < -0.4 is 9.38 Å². The van der Waals surface area contributed by atoms with Crippen LogP contribution in [0.1, 0.15) is 22.8 Å². The van der Waals surface area contributed by atoms with E-state index in [9.17, 15) is 10.0 Å². The standard InChI is InChI=1S/C20H22N4O4S/c1-4-23-11-17(28-19(25)14-8-9-21-10-13(14)2)24(26,12-23)20-22-18-15(27-3)6-5-7-16(18)29-20/h5-10,17H,4,11-12H2,1-3H3. The van der Waals surface area contributed by atoms with Crippen molar-refractivity contribution < 1.29 is 14.3 Å². The van der Waals surface area contributed by atoms with E-state index in [4.69, 9.17) is 9.47 Å². The maximum absolute atomic E-state index is 13.9. The Balaban J connectivity index is 1.70. The molecule has 4 rings (SSSR count). The van der Waals surface area contributed by atoms with E-state index in [1.165, 1.54) is 17.5 Å². The number of para-hydroxylation sites is 1. The second-order valence-corrected chi connectivity index (χ2v) is 7.97. The second kappa shape index (κ2) is 7.68. The molecule has 29 heavy (non-hydrogen) atoms. The summed E-state index contributed by atoms with van der Waals surface area (Å²) in [7, 11) is 1.58. The number of ether oxygens (including phenoxy) is 2. The Morgan fingerprint density at radius 1 is 1.41 bits per heavy atom. The maximum atomic E-state index is 13.9. The fraction of sp³-hybridized carbons (Fsp3) is 0.350. The third-order valence-corrected chi connectivity index (χ3v) is 6.27. The third-order valence-electron chi connectivity index (χ3n) is 5.13. The molecule has 1 aliphatic rings. The molecular formula is C20H22N4O4S. The van der Waals surface area contributed by atoms with Crippen molar-refractivity contribution in [3.63, 3.8) is 0 Å². The van der Waals surface area contributed by atoms with Crippen LogP contribution in [0.15, 0.2) is 36.7 Å². The smallest absolute Gasteiger partial charge is 0.343 e. The normalized spacial score (nSPS) is 22.1. The number of aromatic nitrogens is 2. The molecule has 1 saturated heterocycles. The van der Waals surface area contributed by atoms with Crippen LogP contribution in [0.25, 0.3) is 10.2 Å². The molecule has 0 amide bonds. The topological polar surface area (TPSA) is 87.6 Å². The highest BCUT2D eigenvalue weighted by Crippen LogP contribution is 2.40. The first kappa shape index (κ1) is 19.7. The van der Waals surface area contributed by atoms with Gasteiger partial charge in [-0.25, -0.2) is 9.69 Å². The number of pyridine rings is 1. The van der Waals surface area contributed by atoms with Crippen molar-refractivity contribution in [3.8, 4) is 5.75 Å². The van der Waals surface area contributed by atoms with Crippen molar-refractivity contribution in [3.05, 3.63) is 53.0 Å². The maximum Gasteiger partial charge on any atom is 0.343 e. The number of nitrogens with zero attached hydrogens (tertiary/aromatic N) is 4. The van der Waals surface area contributed by atoms with Gasteiger partial charge in [0, 0.05) is 18.9 Å². The first-order valence-electron chi connectivity index (χ1n) is 9.33. The molecule has 1 fully saturated rings. The summed E-state index contributed by atoms with van der Waals surface area (Å²) in [4.78, 5) is 23.3. The van der Waals surface area contributed by atoms with Crippen LogP contribution in [0.4, 0.5) is 5.13 Å². The zero-order valence-corrected chi connectivity index (χ0v) is 17.3. The van der Waals surface area contributed by atoms with Crippen molar-refractivity contribution in [2.24, 2.45) is 0 Å². The summed E-state index contributed by atoms with van der Waals surface area (Å²) < 4.78 is 11.1. The van der Waals surface area contributed by atoms with Crippen LogP contribution in [0.3, 0.4) is 0 Å². The van der Waals surface area contributed by atoms with Gasteiger partial charge in [0.25, 0.3) is 11.4 Å². The summed E-state index contributed by atoms with van der Waals surface area (Å²) in [6, 6.07) is 7.18. The summed E-state index contributed by atoms with van der Waals surface area (Å²) in [5, 5.41) is 14.3. The van der Waals surface area contributed by atoms with Crippen LogP contribution in [0.2, 0.25) is 0 Å². The average molecular weight is 414 g/mol. The SMILES string of the molecule is CCN1CC(OC(=O)c2ccncc2C)[N+]([O-])(c2nc3c(OC)cccc3s2)C1. The lowest BCUT2D eigenvalue weighted by Gasteiger charge is -2.38. The van der Waals surface area contributed by atoms with Gasteiger partial charge in [0.05, 0.1) is 23.9 Å². The van der Waals surface area contributed by atoms with Gasteiger partial charge in [0.15, 0.2) is 0 Å². The number of hydrogen-bond acceptors (Lipinski definition) is 8. The molecule has 3 aromatic rings. The molecule has 2 atom stereocenters. The van der Waals surface area contributed by atoms with Crippen molar-refractivity contribution >= 4 is 32.7 Å². The predicted octanol–water partition coefficient (Wildman–Crippen LogP) is 3.29. The van der Waals surface area contributed by atoms with Crippen molar-refractivity contribution in [2.45, 2.75) is 20.1 Å². The number of hydroxylamine groups is 2. The highest BCUT2D eigenvalue weighted by molar-refractivity contribution is 7.22. The lowest BCUT2D eigenvalue weighted by Crippen LogP contribution is -2.50. The highest BCUT2D eigenvalue weighted by atomic mass is 32.1. The van der Waals surface area contributed by atoms with Gasteiger partial charge in [-0.3, -0.25) is 9.63 Å². The van der Waals surface area contributed by atoms with Gasteiger partial charge in [-0.1, -0.05) is 24.3 Å². The number of thiazole rings is 1. The first-order valence-corrected chi connectivity index (χ1v) is 10.1. The van der Waals surface area contributed by atoms with E-state index in [1.807, 2.05) is 30.0 Å². The van der Waals surface area contributed by atoms with Crippen LogP contribution in [0, 0.1) is 12.1 Å². The van der Waals surface area contributed by atoms with E-state index in [0.717, 1.165) is 4.70 Å². The zero-order valence-electron chi connectivity index (χ0n) is 16.5. The van der Waals surface area contributed by atoms with Gasteiger partial charge >= 0.3 is 5.97 Å². The van der Waals surface area contributed by atoms with Crippen LogP contribution in [-0.4, -0.2) is 53.9 Å². The number of quaternary nitrogens is 1. The van der Waals surface area contributed by atoms with Gasteiger partial charge < -0.3 is 14.7 Å². The summed E-state index contributed by atoms with van der Waals surface area (Å²) >= 11 is 1.31. The number of benzene rings is 1. The van der Waals surface area contributed by atoms with Gasteiger partial charge in [0.2, 0.25) is 0 Å². The largest absolute Gasteiger partial charge is 0.622 e. The molecule has 1 aliphatic heterocycles. The van der Waals surface area contributed by atoms with Crippen LogP contribution in [-0.2, 0) is 4.74 Å². The molecular weight excluding hydrogens is 392 g/mol. The molecule has 0 saturated carbocycles. The number of fused-ring (bicyclic) bond motifs is 1. The third kappa shape index (κ3) is 3.46. The molecule has 8 nitrogen and oxygen atoms in total. The Morgan fingerprint density at radius 3 is 2.97 bits per heavy atom. The summed E-state index contributed by atoms with van der Waals surface area (Å²) in [5.74, 6) is 0.0917. The summed E-state index contributed by atoms with van der Waals surface area (Å²) in [6.45, 7) is 4.96. The van der Waals surface area contributed by atoms with E-state index >= 15 is 0 Å². The average Bonchev–Trinajstić information content (AvgIpc) is 3.30. The van der Waals surface area contributed by atoms with Gasteiger partial charge in [-0.2, -0.15) is 4.98 Å². The first-order chi connectivity index (χ1) is 14.0. The molecule has 2 unspecified atom stereocenters. The Kier molecular flexibility index (Phi) is 5.22. The number of likely N-dealkylation sites (N-methyl/N-ethyl adjacent to an activating group) is 1. The van der Waals surface area contributed by atoms with Crippen molar-refractivity contribution in [1.82, 2.24) is 19.5 Å². The predicted molar refractivity (Wildman–Crippen MR) is 112 cm³/mol. The number of hydrogen-bond donors (Lipinski definition) is 0. The van der Waals surface area contributed by atoms with Crippen molar-refractivity contribution in [2.75, 3.05) is 26.9 Å². The van der Waals surface area contributed by atoms with Crippen LogP contribution >= 0.6 is 11.3 Å². The number of carbonyl (C=O) groups is 1. The molecule has 0 aliphatic carbocycles. The van der Waals surface area contributed by atoms with Crippen LogP contribution in [0.5, 0.6) is 5.75 Å². The summed E-state index contributed by atoms with van der Waals surface area (Å²) in [5.41, 5.74) is 1.76. The van der Waals surface area contributed by atoms with E-state index < -0.39 is 16.8 Å². The Hall–Kier alpha value is -2.59. The lowest BCUT2D eigenvalue weighted by molar-refractivity contribution is 0.00557. The van der Waals surface area contributed by atoms with E-state index in [-0.39, 0.29) is 6.67 Å². The van der Waals surface area contributed by atoms with E-state index in [2.05, 4.69) is 9.97 Å². The highest BCUT2D eigenvalue weighted by Gasteiger charge is 2.46. The number of rotatable bonds is 5. The molecule has 0 N–H and O–H groups in total. The molecule has 0 spiro atoms. The number of aryl methyl sites for hydroxylation is 1. The molecule has 152 valence electrons. The van der Waals surface area contributed by atoms with Gasteiger partial charge in [-0.15, -0.1) is 0 Å². The fourth-order valence-corrected chi connectivity index (χ4v) is 4.51. The fourth-order valence-electron chi connectivity index (χ4n) is 3.46. The Bertz CT molecular complexity index is 1060. The molecule has 0 bridgehead atoms. The number of carbonyl (C=O) groups excluding carboxylic acids is 1. The number of methoxy groups -OCH3 is 1. The quantitative estimate of drug-likeness (QED) is 0.360. The monoisotopic (exact) mass is 414 g/mol. The van der Waals surface area contributed by atoms with E-state index in [0.29, 0.717) is 40.6 Å². The zero-order chi connectivity index (χ0) is 20.6. The molecule has 9 heteroatoms. The second-order valence-electron chi connectivity index (χ2n) is 6.96. The molecule has 0 radical (unpaired) electrons. The molecule has 3 heterocycles. The van der Waals surface area contributed by atoms with Gasteiger partial charge in [0.1, 0.15) is 17.9 Å². The Labute approximate surface area is 172 Å². The minimum Gasteiger partial charge on any atom is -0.622 e. The van der Waals surface area contributed by atoms with Gasteiger partial charge in [-0.05, 0) is 30.7 Å². The lowest BCUT2D eigenvalue weighted by atomic mass is 10.2. The summed E-state index contributed by atoms with van der Waals surface area (Å²) in [6.07, 6.45) is 2.24. The Morgan fingerprint density at radius 2 is 2.24 bits per heavy atom. The minimum absolute atomic E-state index is 0.173. The number of esters is 1. The molecule has 2 aromatic heterocycles. The van der Waals surface area contributed by atoms with Crippen molar-refractivity contribution in [1.29, 1.82) is 0 Å².